The fraction of sp³-hybridized carbons (Fsp3) is 0.188. The molecule has 1 aromatic carbocycles. The number of pyridine rings is 1. The van der Waals surface area contributed by atoms with E-state index in [4.69, 9.17) is 0 Å². The Hall–Kier alpha value is -2.10. The Balaban J connectivity index is 1.98. The topological polar surface area (TPSA) is 98.2 Å². The lowest BCUT2D eigenvalue weighted by atomic mass is 10.2. The molecule has 0 unspecified atom stereocenters. The molecule has 4 N–H and O–H groups in total. The number of hydroxylamine groups is 1. The highest BCUT2D eigenvalue weighted by Crippen LogP contribution is 2.21. The van der Waals surface area contributed by atoms with Crippen molar-refractivity contribution in [3.8, 4) is 0 Å². The van der Waals surface area contributed by atoms with E-state index in [0.717, 1.165) is 16.8 Å². The number of nitrogens with zero attached hydrogens (tertiary/aromatic N) is 3. The second kappa shape index (κ2) is 8.32. The Kier molecular flexibility index (Phi) is 5.90. The number of nitrogens with one attached hydrogen (secondary N) is 3. The van der Waals surface area contributed by atoms with Gasteiger partial charge in [0.1, 0.15) is 0 Å². The van der Waals surface area contributed by atoms with Crippen molar-refractivity contribution >= 4 is 56.3 Å². The molecule has 0 amide bonds. The number of thioether (sulfide) groups is 1. The summed E-state index contributed by atoms with van der Waals surface area (Å²) in [6, 6.07) is 9.27. The zero-order chi connectivity index (χ0) is 17.6. The van der Waals surface area contributed by atoms with Gasteiger partial charge in [0.15, 0.2) is 11.5 Å². The van der Waals surface area contributed by atoms with Crippen LogP contribution < -0.4 is 10.8 Å². The van der Waals surface area contributed by atoms with Gasteiger partial charge in [0.25, 0.3) is 0 Å². The molecule has 0 saturated carbocycles. The van der Waals surface area contributed by atoms with E-state index in [1.165, 1.54) is 0 Å². The van der Waals surface area contributed by atoms with E-state index in [0.29, 0.717) is 34.2 Å². The van der Waals surface area contributed by atoms with Crippen molar-refractivity contribution in [3.63, 3.8) is 0 Å². The summed E-state index contributed by atoms with van der Waals surface area (Å²) in [5.41, 5.74) is 4.81. The monoisotopic (exact) mass is 420 g/mol. The zero-order valence-corrected chi connectivity index (χ0v) is 15.9. The maximum absolute atomic E-state index is 9.58. The van der Waals surface area contributed by atoms with Crippen molar-refractivity contribution in [1.82, 2.24) is 20.4 Å². The number of H-pyrrole nitrogens is 1. The van der Waals surface area contributed by atoms with Crippen LogP contribution in [0.3, 0.4) is 0 Å². The van der Waals surface area contributed by atoms with Gasteiger partial charge in [-0.15, -0.1) is 0 Å². The number of benzene rings is 1. The number of imidazole rings is 1. The molecule has 0 spiro atoms. The molecule has 0 bridgehead atoms. The van der Waals surface area contributed by atoms with E-state index in [1.54, 1.807) is 24.0 Å². The Morgan fingerprint density at radius 2 is 2.28 bits per heavy atom. The lowest BCUT2D eigenvalue weighted by molar-refractivity contribution is 0.235. The van der Waals surface area contributed by atoms with Gasteiger partial charge in [-0.25, -0.2) is 9.98 Å². The molecule has 130 valence electrons. The van der Waals surface area contributed by atoms with Crippen LogP contribution in [0.5, 0.6) is 0 Å². The fourth-order valence-corrected chi connectivity index (χ4v) is 2.98. The first-order valence-corrected chi connectivity index (χ1v) is 9.72. The largest absolute Gasteiger partial charge is 0.355 e. The molecule has 3 rings (SSSR count). The molecular formula is C16H17BrN6OS. The third-order valence-electron chi connectivity index (χ3n) is 3.40. The van der Waals surface area contributed by atoms with Gasteiger partial charge in [-0.05, 0) is 30.5 Å². The van der Waals surface area contributed by atoms with Crippen LogP contribution in [-0.2, 0) is 0 Å². The minimum atomic E-state index is 0.310. The van der Waals surface area contributed by atoms with Crippen LogP contribution in [0.25, 0.3) is 11.2 Å². The van der Waals surface area contributed by atoms with Gasteiger partial charge in [-0.2, -0.15) is 16.7 Å². The first-order valence-electron chi connectivity index (χ1n) is 7.53. The molecule has 0 saturated heterocycles. The maximum atomic E-state index is 9.58. The average molecular weight is 421 g/mol. The van der Waals surface area contributed by atoms with Crippen LogP contribution in [0.4, 0.5) is 11.6 Å². The number of hydrogen-bond donors (Lipinski definition) is 4. The van der Waals surface area contributed by atoms with Crippen molar-refractivity contribution in [2.75, 3.05) is 23.9 Å². The fourth-order valence-electron chi connectivity index (χ4n) is 2.28. The molecule has 2 heterocycles. The number of rotatable bonds is 6. The predicted octanol–water partition coefficient (Wildman–Crippen LogP) is 3.55. The number of amidine groups is 1. The summed E-state index contributed by atoms with van der Waals surface area (Å²) in [5, 5.41) is 12.8. The standard InChI is InChI=1S/C16H17BrN6OS/c1-25-8-7-19-16-21-13-12(5-6-18-15(13)22-16)14(23-24)20-11-4-2-3-10(17)9-11/h2-6,9,24H,7-8H2,1H3,(H,20,23)(H2,18,19,21,22). The van der Waals surface area contributed by atoms with E-state index < -0.39 is 0 Å². The maximum Gasteiger partial charge on any atom is 0.202 e. The van der Waals surface area contributed by atoms with Gasteiger partial charge >= 0.3 is 0 Å². The molecule has 3 aromatic rings. The highest BCUT2D eigenvalue weighted by molar-refractivity contribution is 9.10. The minimum absolute atomic E-state index is 0.310. The first kappa shape index (κ1) is 17.7. The molecule has 0 aliphatic carbocycles. The Bertz CT molecular complexity index is 897. The van der Waals surface area contributed by atoms with E-state index in [9.17, 15) is 5.21 Å². The predicted molar refractivity (Wildman–Crippen MR) is 106 cm³/mol. The molecule has 0 aliphatic heterocycles. The number of aliphatic imine (C=N–C) groups is 1. The third kappa shape index (κ3) is 4.30. The summed E-state index contributed by atoms with van der Waals surface area (Å²) in [6.45, 7) is 0.799. The van der Waals surface area contributed by atoms with Gasteiger partial charge in [0.2, 0.25) is 5.95 Å². The minimum Gasteiger partial charge on any atom is -0.355 e. The van der Waals surface area contributed by atoms with Crippen LogP contribution in [0.1, 0.15) is 5.56 Å². The number of fused-ring (bicyclic) bond motifs is 1. The van der Waals surface area contributed by atoms with Crippen LogP contribution in [0.15, 0.2) is 46.0 Å². The van der Waals surface area contributed by atoms with Crippen molar-refractivity contribution in [2.24, 2.45) is 4.99 Å². The van der Waals surface area contributed by atoms with Gasteiger partial charge in [-0.3, -0.25) is 10.7 Å². The first-order chi connectivity index (χ1) is 12.2. The van der Waals surface area contributed by atoms with Crippen molar-refractivity contribution in [1.29, 1.82) is 0 Å². The highest BCUT2D eigenvalue weighted by Gasteiger charge is 2.13. The average Bonchev–Trinajstić information content (AvgIpc) is 3.03. The van der Waals surface area contributed by atoms with Crippen LogP contribution in [0.2, 0.25) is 0 Å². The van der Waals surface area contributed by atoms with E-state index in [1.807, 2.05) is 24.3 Å². The van der Waals surface area contributed by atoms with Gasteiger partial charge in [0.05, 0.1) is 11.2 Å². The Morgan fingerprint density at radius 1 is 1.40 bits per heavy atom. The second-order valence-corrected chi connectivity index (χ2v) is 7.02. The van der Waals surface area contributed by atoms with Gasteiger partial charge < -0.3 is 10.3 Å². The quantitative estimate of drug-likeness (QED) is 0.210. The third-order valence-corrected chi connectivity index (χ3v) is 4.51. The second-order valence-electron chi connectivity index (χ2n) is 5.11. The SMILES string of the molecule is CSCCNc1nc2nccc(C(=Nc3cccc(Br)c3)NO)c2[nH]1. The summed E-state index contributed by atoms with van der Waals surface area (Å²) >= 11 is 5.17. The summed E-state index contributed by atoms with van der Waals surface area (Å²) in [4.78, 5) is 16.4. The smallest absolute Gasteiger partial charge is 0.202 e. The molecule has 0 aliphatic rings. The normalized spacial score (nSPS) is 11.7. The molecular weight excluding hydrogens is 404 g/mol. The van der Waals surface area contributed by atoms with Crippen molar-refractivity contribution < 1.29 is 5.21 Å². The molecule has 7 nitrogen and oxygen atoms in total. The summed E-state index contributed by atoms with van der Waals surface area (Å²) < 4.78 is 0.910. The summed E-state index contributed by atoms with van der Waals surface area (Å²) in [5.74, 6) is 1.93. The molecule has 2 aromatic heterocycles. The van der Waals surface area contributed by atoms with Crippen LogP contribution >= 0.6 is 27.7 Å². The molecule has 9 heteroatoms. The number of anilines is 1. The Labute approximate surface area is 157 Å². The number of aromatic amines is 1. The summed E-state index contributed by atoms with van der Waals surface area (Å²) in [7, 11) is 0. The lowest BCUT2D eigenvalue weighted by Crippen LogP contribution is -2.20. The molecule has 0 fully saturated rings. The van der Waals surface area contributed by atoms with Crippen LogP contribution in [-0.4, -0.2) is 44.5 Å². The number of hydrogen-bond acceptors (Lipinski definition) is 6. The van der Waals surface area contributed by atoms with Gasteiger partial charge in [-0.1, -0.05) is 22.0 Å². The lowest BCUT2D eigenvalue weighted by Gasteiger charge is -2.06. The zero-order valence-electron chi connectivity index (χ0n) is 13.5. The van der Waals surface area contributed by atoms with E-state index >= 15 is 0 Å². The number of aromatic nitrogens is 3. The van der Waals surface area contributed by atoms with Crippen molar-refractivity contribution in [2.45, 2.75) is 0 Å². The van der Waals surface area contributed by atoms with E-state index in [2.05, 4.69) is 52.9 Å². The molecule has 0 radical (unpaired) electrons. The van der Waals surface area contributed by atoms with E-state index in [-0.39, 0.29) is 0 Å². The summed E-state index contributed by atoms with van der Waals surface area (Å²) in [6.07, 6.45) is 3.69. The molecule has 25 heavy (non-hydrogen) atoms. The van der Waals surface area contributed by atoms with Crippen LogP contribution in [0, 0.1) is 0 Å². The van der Waals surface area contributed by atoms with Gasteiger partial charge in [0, 0.05) is 28.5 Å². The molecule has 0 atom stereocenters. The Morgan fingerprint density at radius 3 is 3.04 bits per heavy atom. The highest BCUT2D eigenvalue weighted by atomic mass is 79.9. The van der Waals surface area contributed by atoms with Crippen molar-refractivity contribution in [3.05, 3.63) is 46.6 Å². The number of halogens is 1.